The molecule has 0 fully saturated rings. The first-order valence-corrected chi connectivity index (χ1v) is 8.47. The third kappa shape index (κ3) is 3.03. The lowest BCUT2D eigenvalue weighted by molar-refractivity contribution is 0.256. The van der Waals surface area contributed by atoms with Crippen molar-refractivity contribution in [1.29, 1.82) is 0 Å². The second kappa shape index (κ2) is 6.28. The van der Waals surface area contributed by atoms with E-state index in [4.69, 9.17) is 0 Å². The third-order valence-electron chi connectivity index (χ3n) is 4.44. The lowest BCUT2D eigenvalue weighted by Gasteiger charge is -2.06. The lowest BCUT2D eigenvalue weighted by atomic mass is 10.1. The maximum absolute atomic E-state index is 12.8. The number of carbonyl (C=O) groups excluding carboxylic acids is 1. The molecule has 0 aliphatic carbocycles. The van der Waals surface area contributed by atoms with E-state index in [1.165, 1.54) is 10.9 Å². The molecule has 7 nitrogen and oxygen atoms in total. The summed E-state index contributed by atoms with van der Waals surface area (Å²) in [5, 5.41) is 4.14. The van der Waals surface area contributed by atoms with Crippen LogP contribution >= 0.6 is 0 Å². The Morgan fingerprint density at radius 2 is 1.78 bits per heavy atom. The zero-order valence-electron chi connectivity index (χ0n) is 15.1. The van der Waals surface area contributed by atoms with Crippen LogP contribution in [0, 0.1) is 20.8 Å². The number of benzene rings is 2. The van der Waals surface area contributed by atoms with Gasteiger partial charge in [0.1, 0.15) is 0 Å². The minimum Gasteiger partial charge on any atom is -0.295 e. The zero-order chi connectivity index (χ0) is 19.1. The van der Waals surface area contributed by atoms with E-state index in [0.717, 1.165) is 22.5 Å². The third-order valence-corrected chi connectivity index (χ3v) is 4.44. The highest BCUT2D eigenvalue weighted by Gasteiger charge is 2.12. The average Bonchev–Trinajstić information content (AvgIpc) is 3.11. The van der Waals surface area contributed by atoms with Gasteiger partial charge in [-0.25, -0.2) is 9.48 Å². The van der Waals surface area contributed by atoms with Crippen molar-refractivity contribution < 1.29 is 4.79 Å². The van der Waals surface area contributed by atoms with Gasteiger partial charge in [-0.05, 0) is 50.6 Å². The van der Waals surface area contributed by atoms with E-state index < -0.39 is 6.03 Å². The van der Waals surface area contributed by atoms with Gasteiger partial charge >= 0.3 is 6.03 Å². The van der Waals surface area contributed by atoms with Crippen LogP contribution in [0.1, 0.15) is 22.4 Å². The number of fused-ring (bicyclic) bond motifs is 1. The number of rotatable bonds is 3. The van der Waals surface area contributed by atoms with Crippen molar-refractivity contribution in [3.05, 3.63) is 79.9 Å². The first kappa shape index (κ1) is 16.8. The number of nitrogens with one attached hydrogen (secondary N) is 1. The highest BCUT2D eigenvalue weighted by molar-refractivity contribution is 5.83. The topological polar surface area (TPSA) is 91.9 Å². The van der Waals surface area contributed by atoms with Crippen LogP contribution in [0.15, 0.2) is 56.2 Å². The smallest absolute Gasteiger partial charge is 0.295 e. The summed E-state index contributed by atoms with van der Waals surface area (Å²) in [6, 6.07) is 10.5. The van der Waals surface area contributed by atoms with Crippen molar-refractivity contribution in [2.45, 2.75) is 20.8 Å². The summed E-state index contributed by atoms with van der Waals surface area (Å²) in [6.45, 7) is 5.82. The van der Waals surface area contributed by atoms with Crippen LogP contribution in [0.4, 0.5) is 10.5 Å². The Balaban J connectivity index is 1.73. The Morgan fingerprint density at radius 1 is 1.00 bits per heavy atom. The van der Waals surface area contributed by atoms with Crippen molar-refractivity contribution in [1.82, 2.24) is 9.78 Å². The SMILES string of the molecule is Cc1ccc(-n2[nH]c(C)c(C=Nc3ccc4c(c3)=NC(=O)N=4)c2=O)c(C)c1. The van der Waals surface area contributed by atoms with Gasteiger partial charge in [-0.1, -0.05) is 17.7 Å². The number of urea groups is 1. The molecule has 4 rings (SSSR count). The fourth-order valence-electron chi connectivity index (χ4n) is 3.08. The molecule has 1 aliphatic rings. The predicted octanol–water partition coefficient (Wildman–Crippen LogP) is 2.21. The van der Waals surface area contributed by atoms with Gasteiger partial charge in [0, 0.05) is 11.9 Å². The van der Waals surface area contributed by atoms with Crippen molar-refractivity contribution >= 4 is 17.9 Å². The van der Waals surface area contributed by atoms with Gasteiger partial charge in [0.2, 0.25) is 0 Å². The van der Waals surface area contributed by atoms with E-state index >= 15 is 0 Å². The maximum atomic E-state index is 12.8. The summed E-state index contributed by atoms with van der Waals surface area (Å²) >= 11 is 0. The summed E-state index contributed by atoms with van der Waals surface area (Å²) in [5.74, 6) is 0. The molecule has 7 heteroatoms. The van der Waals surface area contributed by atoms with Gasteiger partial charge in [-0.3, -0.25) is 14.9 Å². The van der Waals surface area contributed by atoms with Gasteiger partial charge < -0.3 is 0 Å². The van der Waals surface area contributed by atoms with Crippen molar-refractivity contribution in [3.8, 4) is 5.69 Å². The molecule has 2 amide bonds. The molecule has 2 aromatic carbocycles. The first-order chi connectivity index (χ1) is 12.9. The molecule has 0 bridgehead atoms. The van der Waals surface area contributed by atoms with Crippen molar-refractivity contribution in [2.75, 3.05) is 0 Å². The number of aryl methyl sites for hydroxylation is 3. The molecule has 27 heavy (non-hydrogen) atoms. The number of aliphatic imine (C=N–C) groups is 1. The number of aromatic nitrogens is 2. The molecule has 0 saturated heterocycles. The molecule has 3 aromatic rings. The van der Waals surface area contributed by atoms with Crippen LogP contribution in [0.3, 0.4) is 0 Å². The molecule has 1 N–H and O–H groups in total. The quantitative estimate of drug-likeness (QED) is 0.726. The first-order valence-electron chi connectivity index (χ1n) is 8.47. The van der Waals surface area contributed by atoms with E-state index in [1.807, 2.05) is 39.0 Å². The number of hydrogen-bond acceptors (Lipinski definition) is 3. The predicted molar refractivity (Wildman–Crippen MR) is 102 cm³/mol. The normalized spacial score (nSPS) is 12.9. The monoisotopic (exact) mass is 359 g/mol. The Bertz CT molecular complexity index is 1290. The van der Waals surface area contributed by atoms with Crippen LogP contribution in [-0.2, 0) is 0 Å². The summed E-state index contributed by atoms with van der Waals surface area (Å²) < 4.78 is 1.53. The molecule has 1 aromatic heterocycles. The standard InChI is InChI=1S/C20H17N5O2/c1-11-4-7-18(12(2)8-11)25-19(26)15(13(3)24-25)10-21-14-5-6-16-17(9-14)23-20(27)22-16/h4-10,24H,1-3H3. The molecule has 134 valence electrons. The fraction of sp³-hybridized carbons (Fsp3) is 0.150. The van der Waals surface area contributed by atoms with E-state index in [2.05, 4.69) is 20.1 Å². The molecular formula is C20H17N5O2. The number of H-pyrrole nitrogens is 1. The van der Waals surface area contributed by atoms with E-state index in [9.17, 15) is 9.59 Å². The molecule has 1 aliphatic heterocycles. The van der Waals surface area contributed by atoms with Gasteiger partial charge in [-0.2, -0.15) is 9.98 Å². The molecule has 0 atom stereocenters. The maximum Gasteiger partial charge on any atom is 0.368 e. The van der Waals surface area contributed by atoms with Crippen LogP contribution in [0.5, 0.6) is 0 Å². The lowest BCUT2D eigenvalue weighted by Crippen LogP contribution is -2.20. The molecule has 0 unspecified atom stereocenters. The molecule has 0 spiro atoms. The fourth-order valence-corrected chi connectivity index (χ4v) is 3.08. The van der Waals surface area contributed by atoms with Gasteiger partial charge in [0.05, 0.1) is 27.7 Å². The number of aromatic amines is 1. The van der Waals surface area contributed by atoms with Gasteiger partial charge in [0.25, 0.3) is 5.56 Å². The largest absolute Gasteiger partial charge is 0.368 e. The Hall–Kier alpha value is -3.61. The summed E-state index contributed by atoms with van der Waals surface area (Å²) in [4.78, 5) is 36.0. The van der Waals surface area contributed by atoms with Crippen LogP contribution < -0.4 is 16.3 Å². The second-order valence-corrected chi connectivity index (χ2v) is 6.52. The van der Waals surface area contributed by atoms with E-state index in [1.54, 1.807) is 18.2 Å². The van der Waals surface area contributed by atoms with Crippen molar-refractivity contribution in [3.63, 3.8) is 0 Å². The number of nitrogens with zero attached hydrogens (tertiary/aromatic N) is 4. The second-order valence-electron chi connectivity index (χ2n) is 6.52. The Kier molecular flexibility index (Phi) is 3.92. The molecule has 2 heterocycles. The zero-order valence-corrected chi connectivity index (χ0v) is 15.1. The molecular weight excluding hydrogens is 342 g/mol. The van der Waals surface area contributed by atoms with Crippen LogP contribution in [0.25, 0.3) is 5.69 Å². The van der Waals surface area contributed by atoms with Gasteiger partial charge in [-0.15, -0.1) is 0 Å². The highest BCUT2D eigenvalue weighted by Crippen LogP contribution is 2.14. The van der Waals surface area contributed by atoms with E-state index in [-0.39, 0.29) is 5.56 Å². The van der Waals surface area contributed by atoms with E-state index in [0.29, 0.717) is 22.0 Å². The van der Waals surface area contributed by atoms with Gasteiger partial charge in [0.15, 0.2) is 0 Å². The van der Waals surface area contributed by atoms with Crippen LogP contribution in [0.2, 0.25) is 0 Å². The average molecular weight is 359 g/mol. The number of carbonyl (C=O) groups is 1. The minimum atomic E-state index is -0.510. The summed E-state index contributed by atoms with van der Waals surface area (Å²) in [6.07, 6.45) is 1.53. The number of hydrogen-bond donors (Lipinski definition) is 1. The molecule has 0 saturated carbocycles. The van der Waals surface area contributed by atoms with Crippen molar-refractivity contribution in [2.24, 2.45) is 15.0 Å². The summed E-state index contributed by atoms with van der Waals surface area (Å²) in [7, 11) is 0. The molecule has 0 radical (unpaired) electrons. The highest BCUT2D eigenvalue weighted by atomic mass is 16.2. The summed E-state index contributed by atoms with van der Waals surface area (Å²) in [5.41, 5.74) is 4.59. The minimum absolute atomic E-state index is 0.167. The number of amides is 2. The Labute approximate surface area is 154 Å². The Morgan fingerprint density at radius 3 is 2.56 bits per heavy atom. The van der Waals surface area contributed by atoms with Crippen LogP contribution in [-0.4, -0.2) is 22.0 Å².